The van der Waals surface area contributed by atoms with E-state index in [2.05, 4.69) is 31.0 Å². The molecule has 1 atom stereocenters. The lowest BCUT2D eigenvalue weighted by molar-refractivity contribution is 0.329. The topological polar surface area (TPSA) is 39.9 Å². The van der Waals surface area contributed by atoms with E-state index < -0.39 is 0 Å². The lowest BCUT2D eigenvalue weighted by Gasteiger charge is -2.28. The van der Waals surface area contributed by atoms with Gasteiger partial charge < -0.3 is 4.74 Å². The fourth-order valence-electron chi connectivity index (χ4n) is 2.97. The molecule has 0 amide bonds. The van der Waals surface area contributed by atoms with Crippen LogP contribution in [-0.2, 0) is 12.5 Å². The zero-order valence-electron chi connectivity index (χ0n) is 14.6. The molecule has 122 valence electrons. The van der Waals surface area contributed by atoms with Gasteiger partial charge in [-0.15, -0.1) is 5.10 Å². The van der Waals surface area contributed by atoms with E-state index in [4.69, 9.17) is 4.74 Å². The van der Waals surface area contributed by atoms with Gasteiger partial charge in [-0.05, 0) is 12.8 Å². The van der Waals surface area contributed by atoms with Crippen LogP contribution in [-0.4, -0.2) is 22.1 Å². The zero-order valence-corrected chi connectivity index (χ0v) is 14.6. The molecule has 0 radical (unpaired) electrons. The number of unbranched alkanes of at least 4 members (excludes halogenated alkanes) is 5. The highest BCUT2D eigenvalue weighted by molar-refractivity contribution is 5.25. The molecule has 0 aromatic carbocycles. The fraction of sp³-hybridized carbons (Fsp3) is 0.882. The molecule has 0 fully saturated rings. The molecular formula is C17H33N3O. The van der Waals surface area contributed by atoms with E-state index in [0.717, 1.165) is 5.69 Å². The predicted molar refractivity (Wildman–Crippen MR) is 87.8 cm³/mol. The summed E-state index contributed by atoms with van der Waals surface area (Å²) in [5.41, 5.74) is 1.13. The second-order valence-corrected chi connectivity index (χ2v) is 6.38. The van der Waals surface area contributed by atoms with Gasteiger partial charge in [0.15, 0.2) is 0 Å². The SMILES string of the molecule is CCCCCCC(C)(CCCCC)c1nn(C)nc1OC. The summed E-state index contributed by atoms with van der Waals surface area (Å²) in [6, 6.07) is 0. The molecule has 1 aromatic heterocycles. The summed E-state index contributed by atoms with van der Waals surface area (Å²) in [7, 11) is 3.56. The van der Waals surface area contributed by atoms with Gasteiger partial charge in [0, 0.05) is 12.5 Å². The second-order valence-electron chi connectivity index (χ2n) is 6.38. The van der Waals surface area contributed by atoms with Crippen molar-refractivity contribution in [3.63, 3.8) is 0 Å². The number of ether oxygens (including phenoxy) is 1. The standard InChI is InChI=1S/C17H33N3O/c1-6-8-10-12-14-17(3,13-11-9-7-2)15-16(21-5)19-20(4)18-15/h6-14H2,1-5H3. The Bertz CT molecular complexity index is 403. The monoisotopic (exact) mass is 295 g/mol. The first-order valence-corrected chi connectivity index (χ1v) is 8.53. The van der Waals surface area contributed by atoms with E-state index >= 15 is 0 Å². The summed E-state index contributed by atoms with van der Waals surface area (Å²) in [6.45, 7) is 6.84. The summed E-state index contributed by atoms with van der Waals surface area (Å²) in [5, 5.41) is 8.96. The maximum atomic E-state index is 5.45. The summed E-state index contributed by atoms with van der Waals surface area (Å²) in [5.74, 6) is 0.701. The average Bonchev–Trinajstić information content (AvgIpc) is 2.86. The third kappa shape index (κ3) is 5.33. The van der Waals surface area contributed by atoms with Crippen molar-refractivity contribution < 1.29 is 4.74 Å². The zero-order chi connectivity index (χ0) is 15.7. The number of nitrogens with zero attached hydrogens (tertiary/aromatic N) is 3. The molecule has 0 bridgehead atoms. The van der Waals surface area contributed by atoms with E-state index in [1.54, 1.807) is 11.9 Å². The second kappa shape index (κ2) is 9.06. The third-order valence-electron chi connectivity index (χ3n) is 4.36. The fourth-order valence-corrected chi connectivity index (χ4v) is 2.97. The van der Waals surface area contributed by atoms with Crippen molar-refractivity contribution in [1.29, 1.82) is 0 Å². The summed E-state index contributed by atoms with van der Waals surface area (Å²) < 4.78 is 5.45. The Morgan fingerprint density at radius 3 is 2.10 bits per heavy atom. The highest BCUT2D eigenvalue weighted by Gasteiger charge is 2.33. The van der Waals surface area contributed by atoms with Gasteiger partial charge in [0.1, 0.15) is 5.69 Å². The van der Waals surface area contributed by atoms with Gasteiger partial charge in [-0.3, -0.25) is 0 Å². The molecule has 1 rings (SSSR count). The summed E-state index contributed by atoms with van der Waals surface area (Å²) in [6.07, 6.45) is 11.3. The van der Waals surface area contributed by atoms with Crippen molar-refractivity contribution in [2.45, 2.75) is 84.0 Å². The van der Waals surface area contributed by atoms with Crippen molar-refractivity contribution in [2.24, 2.45) is 7.05 Å². The summed E-state index contributed by atoms with van der Waals surface area (Å²) in [4.78, 5) is 1.64. The van der Waals surface area contributed by atoms with Crippen molar-refractivity contribution in [3.05, 3.63) is 5.69 Å². The van der Waals surface area contributed by atoms with Crippen LogP contribution >= 0.6 is 0 Å². The first-order chi connectivity index (χ1) is 10.1. The van der Waals surface area contributed by atoms with E-state index in [-0.39, 0.29) is 5.41 Å². The van der Waals surface area contributed by atoms with Crippen LogP contribution in [0.25, 0.3) is 0 Å². The Balaban J connectivity index is 2.82. The van der Waals surface area contributed by atoms with Crippen LogP contribution in [0.3, 0.4) is 0 Å². The Kier molecular flexibility index (Phi) is 7.76. The average molecular weight is 295 g/mol. The molecule has 1 aromatic rings. The Labute approximate surface area is 130 Å². The molecule has 0 spiro atoms. The lowest BCUT2D eigenvalue weighted by atomic mass is 9.77. The van der Waals surface area contributed by atoms with Crippen molar-refractivity contribution in [2.75, 3.05) is 7.11 Å². The molecule has 4 nitrogen and oxygen atoms in total. The highest BCUT2D eigenvalue weighted by atomic mass is 16.5. The predicted octanol–water partition coefficient (Wildman–Crippen LogP) is 4.63. The molecule has 0 saturated heterocycles. The van der Waals surface area contributed by atoms with Gasteiger partial charge in [0.25, 0.3) is 5.88 Å². The number of hydrogen-bond donors (Lipinski definition) is 0. The van der Waals surface area contributed by atoms with Gasteiger partial charge in [0.2, 0.25) is 0 Å². The van der Waals surface area contributed by atoms with Gasteiger partial charge in [-0.2, -0.15) is 9.90 Å². The Morgan fingerprint density at radius 2 is 1.52 bits per heavy atom. The van der Waals surface area contributed by atoms with Crippen LogP contribution < -0.4 is 4.74 Å². The lowest BCUT2D eigenvalue weighted by Crippen LogP contribution is -2.24. The molecule has 0 aliphatic heterocycles. The van der Waals surface area contributed by atoms with Crippen LogP contribution in [0.2, 0.25) is 0 Å². The smallest absolute Gasteiger partial charge is 0.257 e. The normalized spacial score (nSPS) is 14.1. The largest absolute Gasteiger partial charge is 0.479 e. The first-order valence-electron chi connectivity index (χ1n) is 8.53. The van der Waals surface area contributed by atoms with Crippen LogP contribution in [0.15, 0.2) is 0 Å². The number of aromatic nitrogens is 3. The minimum atomic E-state index is 0.0858. The minimum Gasteiger partial charge on any atom is -0.479 e. The minimum absolute atomic E-state index is 0.0858. The molecule has 1 heterocycles. The molecular weight excluding hydrogens is 262 g/mol. The van der Waals surface area contributed by atoms with Crippen LogP contribution in [0.1, 0.15) is 84.3 Å². The Morgan fingerprint density at radius 1 is 0.952 bits per heavy atom. The third-order valence-corrected chi connectivity index (χ3v) is 4.36. The molecule has 0 aliphatic carbocycles. The van der Waals surface area contributed by atoms with Crippen LogP contribution in [0.5, 0.6) is 5.88 Å². The molecule has 1 unspecified atom stereocenters. The van der Waals surface area contributed by atoms with Gasteiger partial charge in [0.05, 0.1) is 7.11 Å². The van der Waals surface area contributed by atoms with E-state index in [1.165, 1.54) is 57.8 Å². The van der Waals surface area contributed by atoms with Gasteiger partial charge in [-0.25, -0.2) is 0 Å². The van der Waals surface area contributed by atoms with Gasteiger partial charge in [-0.1, -0.05) is 65.7 Å². The van der Waals surface area contributed by atoms with E-state index in [1.807, 2.05) is 7.05 Å². The van der Waals surface area contributed by atoms with Crippen molar-refractivity contribution >= 4 is 0 Å². The van der Waals surface area contributed by atoms with Crippen molar-refractivity contribution in [1.82, 2.24) is 15.0 Å². The maximum Gasteiger partial charge on any atom is 0.257 e. The maximum absolute atomic E-state index is 5.45. The molecule has 4 heteroatoms. The summed E-state index contributed by atoms with van der Waals surface area (Å²) >= 11 is 0. The van der Waals surface area contributed by atoms with Crippen LogP contribution in [0.4, 0.5) is 0 Å². The number of hydrogen-bond acceptors (Lipinski definition) is 3. The van der Waals surface area contributed by atoms with E-state index in [0.29, 0.717) is 5.88 Å². The first kappa shape index (κ1) is 18.0. The van der Waals surface area contributed by atoms with Gasteiger partial charge >= 0.3 is 0 Å². The number of aryl methyl sites for hydroxylation is 1. The quantitative estimate of drug-likeness (QED) is 0.559. The van der Waals surface area contributed by atoms with Crippen LogP contribution in [0, 0.1) is 0 Å². The number of methoxy groups -OCH3 is 1. The van der Waals surface area contributed by atoms with Crippen molar-refractivity contribution in [3.8, 4) is 5.88 Å². The van der Waals surface area contributed by atoms with E-state index in [9.17, 15) is 0 Å². The molecule has 21 heavy (non-hydrogen) atoms. The number of rotatable bonds is 11. The Hall–Kier alpha value is -1.06. The molecule has 0 N–H and O–H groups in total. The molecule has 0 saturated carbocycles. The highest BCUT2D eigenvalue weighted by Crippen LogP contribution is 2.38. The molecule has 0 aliphatic rings.